The van der Waals surface area contributed by atoms with Crippen LogP contribution in [0.4, 0.5) is 0 Å². The zero-order valence-electron chi connectivity index (χ0n) is 7.83. The summed E-state index contributed by atoms with van der Waals surface area (Å²) in [5.74, 6) is 0.845. The van der Waals surface area contributed by atoms with Crippen molar-refractivity contribution in [3.63, 3.8) is 0 Å². The highest BCUT2D eigenvalue weighted by molar-refractivity contribution is 14.1. The van der Waals surface area contributed by atoms with Crippen molar-refractivity contribution < 1.29 is 9.47 Å². The lowest BCUT2D eigenvalue weighted by molar-refractivity contribution is 0.367. The molecular weight excluding hydrogens is 311 g/mol. The van der Waals surface area contributed by atoms with Crippen molar-refractivity contribution in [3.05, 3.63) is 21.8 Å². The number of rotatable bonds is 2. The molecule has 0 saturated carbocycles. The molecule has 74 valence electrons. The monoisotopic (exact) mass is 320 g/mol. The van der Waals surface area contributed by atoms with E-state index in [4.69, 9.17) is 9.47 Å². The summed E-state index contributed by atoms with van der Waals surface area (Å²) >= 11 is 3.92. The Bertz CT molecular complexity index is 464. The summed E-state index contributed by atoms with van der Waals surface area (Å²) in [5.41, 5.74) is 0. The number of benzene rings is 1. The van der Waals surface area contributed by atoms with Gasteiger partial charge >= 0.3 is 0 Å². The van der Waals surface area contributed by atoms with E-state index in [0.717, 1.165) is 16.2 Å². The molecule has 2 rings (SSSR count). The molecular formula is C10H9IO2S. The van der Waals surface area contributed by atoms with Crippen LogP contribution >= 0.6 is 33.9 Å². The third-order valence-corrected chi connectivity index (χ3v) is 3.98. The van der Waals surface area contributed by atoms with Gasteiger partial charge in [0.25, 0.3) is 0 Å². The second-order valence-electron chi connectivity index (χ2n) is 2.74. The predicted molar refractivity (Wildman–Crippen MR) is 67.6 cm³/mol. The summed E-state index contributed by atoms with van der Waals surface area (Å²) in [6, 6.07) is 6.18. The molecule has 2 aromatic rings. The van der Waals surface area contributed by atoms with Gasteiger partial charge in [-0.2, -0.15) is 0 Å². The summed E-state index contributed by atoms with van der Waals surface area (Å²) in [6.07, 6.45) is 0. The van der Waals surface area contributed by atoms with Crippen LogP contribution < -0.4 is 9.47 Å². The van der Waals surface area contributed by atoms with Crippen LogP contribution in [0.1, 0.15) is 0 Å². The van der Waals surface area contributed by atoms with Crippen LogP contribution in [0.25, 0.3) is 10.1 Å². The molecule has 1 aromatic carbocycles. The fourth-order valence-electron chi connectivity index (χ4n) is 1.38. The molecule has 1 aromatic heterocycles. The highest BCUT2D eigenvalue weighted by Crippen LogP contribution is 2.45. The van der Waals surface area contributed by atoms with E-state index in [9.17, 15) is 0 Å². The van der Waals surface area contributed by atoms with Gasteiger partial charge in [-0.25, -0.2) is 0 Å². The van der Waals surface area contributed by atoms with Gasteiger partial charge in [0, 0.05) is 8.27 Å². The van der Waals surface area contributed by atoms with Crippen LogP contribution in [0.3, 0.4) is 0 Å². The Morgan fingerprint density at radius 1 is 1.21 bits per heavy atom. The lowest BCUT2D eigenvalue weighted by Crippen LogP contribution is -1.86. The Labute approximate surface area is 100.0 Å². The van der Waals surface area contributed by atoms with E-state index in [1.54, 1.807) is 25.6 Å². The first-order chi connectivity index (χ1) is 6.77. The molecule has 0 amide bonds. The summed E-state index contributed by atoms with van der Waals surface area (Å²) in [6.45, 7) is 0. The molecule has 0 N–H and O–H groups in total. The molecule has 0 unspecified atom stereocenters. The van der Waals surface area contributed by atoms with E-state index in [-0.39, 0.29) is 0 Å². The maximum atomic E-state index is 5.35. The molecule has 0 aliphatic rings. The number of methoxy groups -OCH3 is 2. The largest absolute Gasteiger partial charge is 0.491 e. The van der Waals surface area contributed by atoms with Gasteiger partial charge in [-0.1, -0.05) is 17.4 Å². The molecule has 0 aliphatic heterocycles. The van der Waals surface area contributed by atoms with Crippen molar-refractivity contribution in [3.8, 4) is 10.8 Å². The number of halogens is 1. The molecule has 2 nitrogen and oxygen atoms in total. The van der Waals surface area contributed by atoms with Crippen LogP contribution in [0, 0.1) is 3.57 Å². The summed E-state index contributed by atoms with van der Waals surface area (Å²) in [4.78, 5) is 0. The molecule has 0 fully saturated rings. The minimum Gasteiger partial charge on any atom is -0.491 e. The van der Waals surface area contributed by atoms with E-state index in [1.807, 2.05) is 6.07 Å². The molecule has 0 spiro atoms. The van der Waals surface area contributed by atoms with Crippen LogP contribution in [-0.2, 0) is 0 Å². The van der Waals surface area contributed by atoms with E-state index in [1.165, 1.54) is 8.27 Å². The standard InChI is InChI=1S/C10H9IO2S/c1-12-9-8-6(11)4-3-5-7(8)14-10(9)13-2/h3-5H,1-2H3. The SMILES string of the molecule is COc1sc2cccc(I)c2c1OC. The highest BCUT2D eigenvalue weighted by Gasteiger charge is 2.14. The third kappa shape index (κ3) is 1.46. The van der Waals surface area contributed by atoms with Gasteiger partial charge in [0.05, 0.1) is 19.6 Å². The lowest BCUT2D eigenvalue weighted by Gasteiger charge is -2.01. The van der Waals surface area contributed by atoms with Crippen molar-refractivity contribution in [2.45, 2.75) is 0 Å². The zero-order valence-corrected chi connectivity index (χ0v) is 10.8. The Morgan fingerprint density at radius 3 is 2.64 bits per heavy atom. The van der Waals surface area contributed by atoms with Crippen molar-refractivity contribution in [2.75, 3.05) is 14.2 Å². The minimum absolute atomic E-state index is 0.839. The molecule has 4 heteroatoms. The van der Waals surface area contributed by atoms with Crippen LogP contribution in [0.15, 0.2) is 18.2 Å². The fourth-order valence-corrected chi connectivity index (χ4v) is 3.32. The first-order valence-electron chi connectivity index (χ1n) is 4.07. The molecule has 14 heavy (non-hydrogen) atoms. The van der Waals surface area contributed by atoms with E-state index in [2.05, 4.69) is 34.7 Å². The average Bonchev–Trinajstić information content (AvgIpc) is 2.56. The predicted octanol–water partition coefficient (Wildman–Crippen LogP) is 3.52. The minimum atomic E-state index is 0.839. The molecule has 1 heterocycles. The second-order valence-corrected chi connectivity index (χ2v) is 4.92. The topological polar surface area (TPSA) is 18.5 Å². The Kier molecular flexibility index (Phi) is 2.83. The van der Waals surface area contributed by atoms with Crippen molar-refractivity contribution in [1.82, 2.24) is 0 Å². The van der Waals surface area contributed by atoms with Gasteiger partial charge in [-0.3, -0.25) is 0 Å². The highest BCUT2D eigenvalue weighted by atomic mass is 127. The van der Waals surface area contributed by atoms with Gasteiger partial charge < -0.3 is 9.47 Å². The maximum Gasteiger partial charge on any atom is 0.217 e. The van der Waals surface area contributed by atoms with Gasteiger partial charge in [0.2, 0.25) is 5.06 Å². The third-order valence-electron chi connectivity index (χ3n) is 1.98. The smallest absolute Gasteiger partial charge is 0.217 e. The Morgan fingerprint density at radius 2 is 2.00 bits per heavy atom. The van der Waals surface area contributed by atoms with Crippen LogP contribution in [-0.4, -0.2) is 14.2 Å². The van der Waals surface area contributed by atoms with Crippen molar-refractivity contribution >= 4 is 44.0 Å². The van der Waals surface area contributed by atoms with E-state index < -0.39 is 0 Å². The lowest BCUT2D eigenvalue weighted by atomic mass is 10.2. The van der Waals surface area contributed by atoms with Gasteiger partial charge in [-0.15, -0.1) is 0 Å². The first kappa shape index (κ1) is 10.0. The van der Waals surface area contributed by atoms with Gasteiger partial charge in [0.15, 0.2) is 5.75 Å². The van der Waals surface area contributed by atoms with Gasteiger partial charge in [-0.05, 0) is 34.7 Å². The Balaban J connectivity index is 2.81. The summed E-state index contributed by atoms with van der Waals surface area (Å²) in [5, 5.41) is 1.99. The molecule has 0 aliphatic carbocycles. The summed E-state index contributed by atoms with van der Waals surface area (Å²) in [7, 11) is 3.34. The first-order valence-corrected chi connectivity index (χ1v) is 5.96. The number of hydrogen-bond donors (Lipinski definition) is 0. The normalized spacial score (nSPS) is 10.5. The quantitative estimate of drug-likeness (QED) is 0.788. The number of fused-ring (bicyclic) bond motifs is 1. The second kappa shape index (κ2) is 3.94. The molecule has 0 radical (unpaired) electrons. The average molecular weight is 320 g/mol. The Hall–Kier alpha value is -0.490. The van der Waals surface area contributed by atoms with Gasteiger partial charge in [0.1, 0.15) is 0 Å². The van der Waals surface area contributed by atoms with Crippen LogP contribution in [0.2, 0.25) is 0 Å². The molecule has 0 bridgehead atoms. The number of hydrogen-bond acceptors (Lipinski definition) is 3. The number of ether oxygens (including phenoxy) is 2. The van der Waals surface area contributed by atoms with Crippen molar-refractivity contribution in [1.29, 1.82) is 0 Å². The maximum absolute atomic E-state index is 5.35. The fraction of sp³-hybridized carbons (Fsp3) is 0.200. The van der Waals surface area contributed by atoms with E-state index >= 15 is 0 Å². The zero-order chi connectivity index (χ0) is 10.1. The van der Waals surface area contributed by atoms with Crippen LogP contribution in [0.5, 0.6) is 10.8 Å². The van der Waals surface area contributed by atoms with E-state index in [0.29, 0.717) is 0 Å². The summed E-state index contributed by atoms with van der Waals surface area (Å²) < 4.78 is 13.0. The molecule has 0 saturated heterocycles. The van der Waals surface area contributed by atoms with Crippen molar-refractivity contribution in [2.24, 2.45) is 0 Å². The number of thiophene rings is 1. The molecule has 0 atom stereocenters.